The van der Waals surface area contributed by atoms with E-state index in [2.05, 4.69) is 0 Å². The van der Waals surface area contributed by atoms with Gasteiger partial charge < -0.3 is 10.6 Å². The maximum Gasteiger partial charge on any atom is 0.149 e. The number of benzene rings is 1. The van der Waals surface area contributed by atoms with Gasteiger partial charge in [0.1, 0.15) is 17.3 Å². The third-order valence-corrected chi connectivity index (χ3v) is 3.65. The van der Waals surface area contributed by atoms with Gasteiger partial charge in [0.05, 0.1) is 0 Å². The standard InChI is InChI=1S/C14H20F2N2/c1-10-5-3-2-4-6-18(10)14-12(15)7-11(9-17)8-13(14)16/h7-8,10H,2-6,9,17H2,1H3. The highest BCUT2D eigenvalue weighted by molar-refractivity contribution is 5.51. The van der Waals surface area contributed by atoms with Crippen molar-refractivity contribution in [3.8, 4) is 0 Å². The van der Waals surface area contributed by atoms with Crippen LogP contribution in [0.3, 0.4) is 0 Å². The zero-order valence-corrected chi connectivity index (χ0v) is 10.8. The van der Waals surface area contributed by atoms with Gasteiger partial charge in [-0.25, -0.2) is 8.78 Å². The van der Waals surface area contributed by atoms with E-state index < -0.39 is 11.6 Å². The Labute approximate surface area is 107 Å². The Morgan fingerprint density at radius 1 is 1.22 bits per heavy atom. The molecule has 1 heterocycles. The number of anilines is 1. The van der Waals surface area contributed by atoms with E-state index in [1.165, 1.54) is 12.1 Å². The summed E-state index contributed by atoms with van der Waals surface area (Å²) in [7, 11) is 0. The van der Waals surface area contributed by atoms with Crippen LogP contribution in [-0.2, 0) is 6.54 Å². The quantitative estimate of drug-likeness (QED) is 0.878. The van der Waals surface area contributed by atoms with Crippen LogP contribution in [0.1, 0.15) is 38.2 Å². The van der Waals surface area contributed by atoms with Gasteiger partial charge in [0.25, 0.3) is 0 Å². The van der Waals surface area contributed by atoms with Crippen molar-refractivity contribution >= 4 is 5.69 Å². The molecule has 1 aromatic rings. The summed E-state index contributed by atoms with van der Waals surface area (Å²) in [6.07, 6.45) is 4.23. The number of nitrogens with zero attached hydrogens (tertiary/aromatic N) is 1. The Kier molecular flexibility index (Phi) is 4.17. The molecular weight excluding hydrogens is 234 g/mol. The second-order valence-corrected chi connectivity index (χ2v) is 5.00. The minimum Gasteiger partial charge on any atom is -0.364 e. The molecule has 1 aromatic carbocycles. The van der Waals surface area contributed by atoms with E-state index >= 15 is 0 Å². The van der Waals surface area contributed by atoms with Crippen LogP contribution in [0.4, 0.5) is 14.5 Å². The minimum absolute atomic E-state index is 0.113. The average molecular weight is 254 g/mol. The third-order valence-electron chi connectivity index (χ3n) is 3.65. The SMILES string of the molecule is CC1CCCCCN1c1c(F)cc(CN)cc1F. The molecule has 100 valence electrons. The molecule has 2 rings (SSSR count). The first-order valence-electron chi connectivity index (χ1n) is 6.58. The van der Waals surface area contributed by atoms with Gasteiger partial charge in [-0.2, -0.15) is 0 Å². The van der Waals surface area contributed by atoms with Gasteiger partial charge >= 0.3 is 0 Å². The molecule has 1 unspecified atom stereocenters. The van der Waals surface area contributed by atoms with Crippen molar-refractivity contribution < 1.29 is 8.78 Å². The Balaban J connectivity index is 2.36. The summed E-state index contributed by atoms with van der Waals surface area (Å²) in [5, 5.41) is 0. The highest BCUT2D eigenvalue weighted by Crippen LogP contribution is 2.30. The number of hydrogen-bond acceptors (Lipinski definition) is 2. The fourth-order valence-electron chi connectivity index (χ4n) is 2.62. The monoisotopic (exact) mass is 254 g/mol. The van der Waals surface area contributed by atoms with Gasteiger partial charge in [-0.15, -0.1) is 0 Å². The lowest BCUT2D eigenvalue weighted by Gasteiger charge is -2.30. The molecule has 0 saturated carbocycles. The van der Waals surface area contributed by atoms with Gasteiger partial charge in [0.2, 0.25) is 0 Å². The lowest BCUT2D eigenvalue weighted by Crippen LogP contribution is -2.34. The van der Waals surface area contributed by atoms with Crippen LogP contribution in [0.5, 0.6) is 0 Å². The van der Waals surface area contributed by atoms with E-state index in [-0.39, 0.29) is 18.3 Å². The van der Waals surface area contributed by atoms with Crippen LogP contribution in [0, 0.1) is 11.6 Å². The third kappa shape index (κ3) is 2.64. The lowest BCUT2D eigenvalue weighted by atomic mass is 10.1. The van der Waals surface area contributed by atoms with E-state index in [0.29, 0.717) is 5.56 Å². The summed E-state index contributed by atoms with van der Waals surface area (Å²) in [4.78, 5) is 1.86. The molecule has 18 heavy (non-hydrogen) atoms. The van der Waals surface area contributed by atoms with Crippen molar-refractivity contribution in [2.75, 3.05) is 11.4 Å². The maximum atomic E-state index is 14.1. The van der Waals surface area contributed by atoms with Crippen molar-refractivity contribution in [3.05, 3.63) is 29.3 Å². The van der Waals surface area contributed by atoms with Gasteiger partial charge in [0, 0.05) is 19.1 Å². The van der Waals surface area contributed by atoms with E-state index in [9.17, 15) is 8.78 Å². The predicted molar refractivity (Wildman–Crippen MR) is 69.5 cm³/mol. The molecule has 0 bridgehead atoms. The molecule has 2 N–H and O–H groups in total. The van der Waals surface area contributed by atoms with Crippen molar-refractivity contribution in [2.45, 2.75) is 45.2 Å². The van der Waals surface area contributed by atoms with Crippen molar-refractivity contribution in [2.24, 2.45) is 5.73 Å². The van der Waals surface area contributed by atoms with E-state index in [4.69, 9.17) is 5.73 Å². The van der Waals surface area contributed by atoms with Gasteiger partial charge in [-0.3, -0.25) is 0 Å². The largest absolute Gasteiger partial charge is 0.364 e. The molecule has 0 radical (unpaired) electrons. The van der Waals surface area contributed by atoms with Crippen molar-refractivity contribution in [1.82, 2.24) is 0 Å². The summed E-state index contributed by atoms with van der Waals surface area (Å²) in [6.45, 7) is 2.90. The number of nitrogens with two attached hydrogens (primary N) is 1. The van der Waals surface area contributed by atoms with Crippen LogP contribution in [0.25, 0.3) is 0 Å². The Morgan fingerprint density at radius 3 is 2.50 bits per heavy atom. The molecule has 0 amide bonds. The summed E-state index contributed by atoms with van der Waals surface area (Å²) in [6, 6.07) is 2.87. The molecule has 1 atom stereocenters. The molecule has 1 fully saturated rings. The normalized spacial score (nSPS) is 20.9. The average Bonchev–Trinajstić information content (AvgIpc) is 2.54. The molecule has 0 spiro atoms. The number of rotatable bonds is 2. The second kappa shape index (κ2) is 5.65. The van der Waals surface area contributed by atoms with Crippen molar-refractivity contribution in [3.63, 3.8) is 0 Å². The fourth-order valence-corrected chi connectivity index (χ4v) is 2.62. The van der Waals surface area contributed by atoms with Crippen molar-refractivity contribution in [1.29, 1.82) is 0 Å². The zero-order chi connectivity index (χ0) is 13.1. The Bertz CT molecular complexity index is 397. The van der Waals surface area contributed by atoms with E-state index in [0.717, 1.165) is 32.2 Å². The summed E-state index contributed by atoms with van der Waals surface area (Å²) in [5.41, 5.74) is 6.03. The first kappa shape index (κ1) is 13.3. The van der Waals surface area contributed by atoms with Crippen LogP contribution < -0.4 is 10.6 Å². The number of hydrogen-bond donors (Lipinski definition) is 1. The van der Waals surface area contributed by atoms with E-state index in [1.807, 2.05) is 11.8 Å². The van der Waals surface area contributed by atoms with Crippen LogP contribution in [-0.4, -0.2) is 12.6 Å². The topological polar surface area (TPSA) is 29.3 Å². The molecule has 1 aliphatic heterocycles. The predicted octanol–water partition coefficient (Wildman–Crippen LogP) is 3.19. The molecule has 4 heteroatoms. The van der Waals surface area contributed by atoms with Gasteiger partial charge in [-0.1, -0.05) is 12.8 Å². The molecule has 1 saturated heterocycles. The highest BCUT2D eigenvalue weighted by Gasteiger charge is 2.23. The maximum absolute atomic E-state index is 14.1. The number of halogens is 2. The highest BCUT2D eigenvalue weighted by atomic mass is 19.1. The zero-order valence-electron chi connectivity index (χ0n) is 10.8. The summed E-state index contributed by atoms with van der Waals surface area (Å²) >= 11 is 0. The smallest absolute Gasteiger partial charge is 0.149 e. The van der Waals surface area contributed by atoms with Crippen LogP contribution >= 0.6 is 0 Å². The summed E-state index contributed by atoms with van der Waals surface area (Å²) in [5.74, 6) is -0.992. The molecule has 1 aliphatic rings. The molecular formula is C14H20F2N2. The molecule has 0 aromatic heterocycles. The lowest BCUT2D eigenvalue weighted by molar-refractivity contribution is 0.542. The van der Waals surface area contributed by atoms with Gasteiger partial charge in [-0.05, 0) is 37.5 Å². The second-order valence-electron chi connectivity index (χ2n) is 5.00. The first-order valence-corrected chi connectivity index (χ1v) is 6.58. The summed E-state index contributed by atoms with van der Waals surface area (Å²) < 4.78 is 28.1. The molecule has 2 nitrogen and oxygen atoms in total. The van der Waals surface area contributed by atoms with E-state index in [1.54, 1.807) is 0 Å². The van der Waals surface area contributed by atoms with Crippen LogP contribution in [0.15, 0.2) is 12.1 Å². The fraction of sp³-hybridized carbons (Fsp3) is 0.571. The minimum atomic E-state index is -0.496. The van der Waals surface area contributed by atoms with Gasteiger partial charge in [0.15, 0.2) is 0 Å². The molecule has 0 aliphatic carbocycles. The Morgan fingerprint density at radius 2 is 1.89 bits per heavy atom. The Hall–Kier alpha value is -1.16. The van der Waals surface area contributed by atoms with Crippen LogP contribution in [0.2, 0.25) is 0 Å². The first-order chi connectivity index (χ1) is 8.63.